The number of hydrogen-bond acceptors (Lipinski definition) is 3. The SMILES string of the molecule is Cc1ccc2nc(C(C)Cl)n(Cc3nncn3C)c2c1. The Hall–Kier alpha value is -1.88. The van der Waals surface area contributed by atoms with Crippen LogP contribution in [0.3, 0.4) is 0 Å². The van der Waals surface area contributed by atoms with Crippen LogP contribution in [0.15, 0.2) is 24.5 Å². The summed E-state index contributed by atoms with van der Waals surface area (Å²) in [5.41, 5.74) is 3.24. The van der Waals surface area contributed by atoms with Gasteiger partial charge in [0.05, 0.1) is 23.0 Å². The van der Waals surface area contributed by atoms with Crippen molar-refractivity contribution in [1.29, 1.82) is 0 Å². The molecule has 3 aromatic rings. The van der Waals surface area contributed by atoms with Gasteiger partial charge in [-0.25, -0.2) is 4.98 Å². The molecule has 0 fully saturated rings. The standard InChI is InChI=1S/C14H16ClN5/c1-9-4-5-11-12(6-9)20(14(17-11)10(2)15)7-13-18-16-8-19(13)3/h4-6,8,10H,7H2,1-3H3. The predicted molar refractivity (Wildman–Crippen MR) is 78.8 cm³/mol. The van der Waals surface area contributed by atoms with E-state index < -0.39 is 0 Å². The first-order chi connectivity index (χ1) is 9.56. The van der Waals surface area contributed by atoms with Gasteiger partial charge in [0.25, 0.3) is 0 Å². The van der Waals surface area contributed by atoms with Crippen LogP contribution in [-0.4, -0.2) is 24.3 Å². The van der Waals surface area contributed by atoms with Crippen LogP contribution in [0, 0.1) is 6.92 Å². The molecule has 0 bridgehead atoms. The zero-order chi connectivity index (χ0) is 14.3. The third kappa shape index (κ3) is 2.18. The zero-order valence-corrected chi connectivity index (χ0v) is 12.5. The molecule has 20 heavy (non-hydrogen) atoms. The Morgan fingerprint density at radius 3 is 2.80 bits per heavy atom. The lowest BCUT2D eigenvalue weighted by Gasteiger charge is -2.10. The van der Waals surface area contributed by atoms with E-state index in [4.69, 9.17) is 11.6 Å². The van der Waals surface area contributed by atoms with E-state index in [1.807, 2.05) is 24.6 Å². The highest BCUT2D eigenvalue weighted by atomic mass is 35.5. The van der Waals surface area contributed by atoms with Crippen molar-refractivity contribution < 1.29 is 0 Å². The lowest BCUT2D eigenvalue weighted by molar-refractivity contribution is 0.675. The quantitative estimate of drug-likeness (QED) is 0.697. The zero-order valence-electron chi connectivity index (χ0n) is 11.7. The molecule has 0 saturated heterocycles. The number of rotatable bonds is 3. The minimum Gasteiger partial charge on any atom is -0.319 e. The van der Waals surface area contributed by atoms with Crippen molar-refractivity contribution >= 4 is 22.6 Å². The van der Waals surface area contributed by atoms with E-state index in [0.29, 0.717) is 6.54 Å². The molecule has 2 heterocycles. The van der Waals surface area contributed by atoms with Crippen molar-refractivity contribution in [2.75, 3.05) is 0 Å². The Bertz CT molecular complexity index is 756. The number of benzene rings is 1. The van der Waals surface area contributed by atoms with Gasteiger partial charge in [0.1, 0.15) is 12.2 Å². The van der Waals surface area contributed by atoms with E-state index in [0.717, 1.165) is 22.7 Å². The Kier molecular flexibility index (Phi) is 3.22. The van der Waals surface area contributed by atoms with Crippen molar-refractivity contribution in [1.82, 2.24) is 24.3 Å². The van der Waals surface area contributed by atoms with E-state index in [1.165, 1.54) is 5.56 Å². The van der Waals surface area contributed by atoms with Crippen LogP contribution in [-0.2, 0) is 13.6 Å². The van der Waals surface area contributed by atoms with E-state index >= 15 is 0 Å². The van der Waals surface area contributed by atoms with Crippen molar-refractivity contribution in [3.8, 4) is 0 Å². The average Bonchev–Trinajstić information content (AvgIpc) is 2.95. The largest absolute Gasteiger partial charge is 0.319 e. The first kappa shape index (κ1) is 13.1. The monoisotopic (exact) mass is 289 g/mol. The summed E-state index contributed by atoms with van der Waals surface area (Å²) in [5, 5.41) is 7.91. The molecule has 0 aliphatic rings. The Labute approximate surface area is 122 Å². The number of nitrogens with zero attached hydrogens (tertiary/aromatic N) is 5. The van der Waals surface area contributed by atoms with Crippen molar-refractivity contribution in [3.63, 3.8) is 0 Å². The second-order valence-corrected chi connectivity index (χ2v) is 5.68. The normalized spacial score (nSPS) is 13.0. The maximum Gasteiger partial charge on any atom is 0.152 e. The van der Waals surface area contributed by atoms with Gasteiger partial charge in [-0.3, -0.25) is 0 Å². The molecule has 0 aliphatic carbocycles. The molecule has 5 nitrogen and oxygen atoms in total. The smallest absolute Gasteiger partial charge is 0.152 e. The van der Waals surface area contributed by atoms with Crippen molar-refractivity contribution in [3.05, 3.63) is 41.7 Å². The maximum absolute atomic E-state index is 6.27. The molecule has 0 spiro atoms. The minimum atomic E-state index is -0.157. The molecule has 0 saturated carbocycles. The van der Waals surface area contributed by atoms with E-state index in [1.54, 1.807) is 6.33 Å². The predicted octanol–water partition coefficient (Wildman–Crippen LogP) is 2.82. The number of hydrogen-bond donors (Lipinski definition) is 0. The van der Waals surface area contributed by atoms with Crippen LogP contribution in [0.25, 0.3) is 11.0 Å². The molecule has 1 aromatic carbocycles. The highest BCUT2D eigenvalue weighted by Crippen LogP contribution is 2.25. The van der Waals surface area contributed by atoms with Crippen molar-refractivity contribution in [2.24, 2.45) is 7.05 Å². The summed E-state index contributed by atoms with van der Waals surface area (Å²) in [7, 11) is 1.93. The molecule has 2 aromatic heterocycles. The molecule has 0 aliphatic heterocycles. The first-order valence-electron chi connectivity index (χ1n) is 6.50. The van der Waals surface area contributed by atoms with Crippen LogP contribution in [0.2, 0.25) is 0 Å². The number of aromatic nitrogens is 5. The number of imidazole rings is 1. The first-order valence-corrected chi connectivity index (χ1v) is 6.93. The third-order valence-electron chi connectivity index (χ3n) is 3.39. The van der Waals surface area contributed by atoms with E-state index in [2.05, 4.69) is 38.8 Å². The third-order valence-corrected chi connectivity index (χ3v) is 3.59. The summed E-state index contributed by atoms with van der Waals surface area (Å²) in [5.74, 6) is 1.74. The number of aryl methyl sites for hydroxylation is 2. The van der Waals surface area contributed by atoms with Gasteiger partial charge in [0.15, 0.2) is 5.82 Å². The topological polar surface area (TPSA) is 48.5 Å². The highest BCUT2D eigenvalue weighted by molar-refractivity contribution is 6.20. The average molecular weight is 290 g/mol. The summed E-state index contributed by atoms with van der Waals surface area (Å²) in [4.78, 5) is 4.64. The van der Waals surface area contributed by atoms with Crippen LogP contribution in [0.1, 0.15) is 29.5 Å². The number of halogens is 1. The van der Waals surface area contributed by atoms with Gasteiger partial charge in [-0.05, 0) is 31.5 Å². The molecule has 104 valence electrons. The van der Waals surface area contributed by atoms with Gasteiger partial charge < -0.3 is 9.13 Å². The molecule has 0 N–H and O–H groups in total. The Morgan fingerprint density at radius 1 is 1.35 bits per heavy atom. The van der Waals surface area contributed by atoms with Crippen LogP contribution < -0.4 is 0 Å². The number of fused-ring (bicyclic) bond motifs is 1. The fourth-order valence-electron chi connectivity index (χ4n) is 2.31. The Balaban J connectivity index is 2.18. The molecule has 6 heteroatoms. The minimum absolute atomic E-state index is 0.157. The lowest BCUT2D eigenvalue weighted by Crippen LogP contribution is -2.09. The van der Waals surface area contributed by atoms with Gasteiger partial charge in [-0.2, -0.15) is 0 Å². The van der Waals surface area contributed by atoms with E-state index in [-0.39, 0.29) is 5.38 Å². The second-order valence-electron chi connectivity index (χ2n) is 5.02. The summed E-state index contributed by atoms with van der Waals surface area (Å²) < 4.78 is 4.02. The van der Waals surface area contributed by atoms with Gasteiger partial charge in [0.2, 0.25) is 0 Å². The maximum atomic E-state index is 6.27. The lowest BCUT2D eigenvalue weighted by atomic mass is 10.2. The fraction of sp³-hybridized carbons (Fsp3) is 0.357. The Morgan fingerprint density at radius 2 is 2.15 bits per heavy atom. The summed E-state index contributed by atoms with van der Waals surface area (Å²) in [6.45, 7) is 4.62. The summed E-state index contributed by atoms with van der Waals surface area (Å²) in [6, 6.07) is 6.22. The molecular weight excluding hydrogens is 274 g/mol. The summed E-state index contributed by atoms with van der Waals surface area (Å²) in [6.07, 6.45) is 1.70. The molecule has 3 rings (SSSR count). The second kappa shape index (κ2) is 4.90. The highest BCUT2D eigenvalue weighted by Gasteiger charge is 2.16. The van der Waals surface area contributed by atoms with Crippen LogP contribution >= 0.6 is 11.6 Å². The van der Waals surface area contributed by atoms with E-state index in [9.17, 15) is 0 Å². The van der Waals surface area contributed by atoms with Gasteiger partial charge >= 0.3 is 0 Å². The van der Waals surface area contributed by atoms with Crippen molar-refractivity contribution in [2.45, 2.75) is 25.8 Å². The molecular formula is C14H16ClN5. The summed E-state index contributed by atoms with van der Waals surface area (Å²) >= 11 is 6.27. The number of alkyl halides is 1. The van der Waals surface area contributed by atoms with Gasteiger partial charge in [-0.1, -0.05) is 6.07 Å². The van der Waals surface area contributed by atoms with Crippen LogP contribution in [0.5, 0.6) is 0 Å². The molecule has 1 atom stereocenters. The molecule has 0 amide bonds. The molecule has 1 unspecified atom stereocenters. The molecule has 0 radical (unpaired) electrons. The fourth-order valence-corrected chi connectivity index (χ4v) is 2.48. The van der Waals surface area contributed by atoms with Crippen LogP contribution in [0.4, 0.5) is 0 Å². The van der Waals surface area contributed by atoms with Gasteiger partial charge in [-0.15, -0.1) is 21.8 Å². The van der Waals surface area contributed by atoms with Gasteiger partial charge in [0, 0.05) is 7.05 Å².